The van der Waals surface area contributed by atoms with Crippen LogP contribution in [0.25, 0.3) is 0 Å². The van der Waals surface area contributed by atoms with E-state index in [2.05, 4.69) is 4.40 Å². The number of aliphatic hydroxyl groups is 1. The van der Waals surface area contributed by atoms with Crippen molar-refractivity contribution in [3.63, 3.8) is 0 Å². The maximum atomic E-state index is 11.9. The molecule has 1 rings (SSSR count). The Hall–Kier alpha value is -0.620. The predicted molar refractivity (Wildman–Crippen MR) is 87.2 cm³/mol. The molecule has 0 saturated carbocycles. The van der Waals surface area contributed by atoms with Crippen molar-refractivity contribution in [1.82, 2.24) is 0 Å². The zero-order valence-corrected chi connectivity index (χ0v) is 13.7. The van der Waals surface area contributed by atoms with E-state index in [0.717, 1.165) is 27.4 Å². The molecule has 1 aromatic carbocycles. The quantitative estimate of drug-likeness (QED) is 0.389. The van der Waals surface area contributed by atoms with Crippen LogP contribution in [-0.2, 0) is 11.4 Å². The van der Waals surface area contributed by atoms with E-state index in [9.17, 15) is 9.66 Å². The molecule has 0 aliphatic rings. The molecule has 0 spiro atoms. The molecule has 0 heterocycles. The number of benzene rings is 1. The second-order valence-corrected chi connectivity index (χ2v) is 8.60. The number of hydrogen-bond acceptors (Lipinski definition) is 2. The van der Waals surface area contributed by atoms with E-state index in [1.807, 2.05) is 45.9 Å². The van der Waals surface area contributed by atoms with Gasteiger partial charge < -0.3 is 9.66 Å². The summed E-state index contributed by atoms with van der Waals surface area (Å²) in [6.07, 6.45) is 1.63. The summed E-state index contributed by atoms with van der Waals surface area (Å²) in [6.45, 7) is 9.33. The summed E-state index contributed by atoms with van der Waals surface area (Å²) in [5, 5.41) is 9.76. The third-order valence-corrected chi connectivity index (χ3v) is 4.58. The van der Waals surface area contributed by atoms with E-state index in [4.69, 9.17) is 0 Å². The van der Waals surface area contributed by atoms with Gasteiger partial charge in [0, 0.05) is 10.5 Å². The highest BCUT2D eigenvalue weighted by molar-refractivity contribution is 7.98. The molecule has 3 nitrogen and oxygen atoms in total. The second kappa shape index (κ2) is 6.70. The first-order valence-electron chi connectivity index (χ1n) is 6.01. The fourth-order valence-corrected chi connectivity index (χ4v) is 2.70. The largest absolute Gasteiger partial charge is 0.591 e. The van der Waals surface area contributed by atoms with Crippen molar-refractivity contribution >= 4 is 34.0 Å². The first-order valence-corrected chi connectivity index (χ1v) is 8.01. The third-order valence-electron chi connectivity index (χ3n) is 2.28. The Morgan fingerprint density at radius 1 is 1.42 bits per heavy atom. The van der Waals surface area contributed by atoms with Gasteiger partial charge >= 0.3 is 0 Å². The smallest absolute Gasteiger partial charge is 0.144 e. The minimum absolute atomic E-state index is 0.331. The van der Waals surface area contributed by atoms with Crippen LogP contribution in [0.15, 0.2) is 27.5 Å². The Kier molecular flexibility index (Phi) is 5.80. The predicted octanol–water partition coefficient (Wildman–Crippen LogP) is 3.41. The van der Waals surface area contributed by atoms with Crippen molar-refractivity contribution in [1.29, 1.82) is 0 Å². The van der Waals surface area contributed by atoms with Gasteiger partial charge in [0.15, 0.2) is 0 Å². The fraction of sp³-hybridized carbons (Fsp3) is 0.429. The monoisotopic (exact) mass is 299 g/mol. The van der Waals surface area contributed by atoms with E-state index in [0.29, 0.717) is 5.05 Å². The summed E-state index contributed by atoms with van der Waals surface area (Å²) < 4.78 is 15.6. The highest BCUT2D eigenvalue weighted by atomic mass is 32.2. The van der Waals surface area contributed by atoms with Gasteiger partial charge in [-0.2, -0.15) is 0 Å². The SMILES string of the molecule is CC(O)=[SH]c1cc(C)ccc1/C=N/[S+]([O-])C(C)(C)C. The molecule has 1 unspecified atom stereocenters. The van der Waals surface area contributed by atoms with Crippen molar-refractivity contribution in [3.05, 3.63) is 29.3 Å². The van der Waals surface area contributed by atoms with Crippen LogP contribution in [0.1, 0.15) is 38.8 Å². The standard InChI is InChI=1S/C14H21NO2S2/c1-10-6-7-12(13(8-10)18-11(2)16)9-15-19(17)14(3,4)5/h6-9,16,18H,1-5H3/b15-9+. The lowest BCUT2D eigenvalue weighted by Crippen LogP contribution is -2.25. The van der Waals surface area contributed by atoms with Crippen LogP contribution >= 0.6 is 11.4 Å². The molecule has 0 aliphatic heterocycles. The maximum Gasteiger partial charge on any atom is 0.144 e. The summed E-state index contributed by atoms with van der Waals surface area (Å²) in [4.78, 5) is 0.967. The molecule has 1 atom stereocenters. The topological polar surface area (TPSA) is 55.7 Å². The second-order valence-electron chi connectivity index (χ2n) is 5.32. The average Bonchev–Trinajstić information content (AvgIpc) is 2.25. The molecule has 5 heteroatoms. The van der Waals surface area contributed by atoms with Gasteiger partial charge in [-0.3, -0.25) is 0 Å². The number of aryl methyl sites for hydroxylation is 1. The number of aliphatic hydroxyl groups excluding tert-OH is 1. The van der Waals surface area contributed by atoms with Crippen molar-refractivity contribution in [2.75, 3.05) is 0 Å². The van der Waals surface area contributed by atoms with E-state index < -0.39 is 11.4 Å². The summed E-state index contributed by atoms with van der Waals surface area (Å²) in [7, 11) is 0. The fourth-order valence-electron chi connectivity index (χ4n) is 1.30. The zero-order valence-electron chi connectivity index (χ0n) is 12.0. The number of hydrogen-bond donors (Lipinski definition) is 2. The molecule has 0 saturated heterocycles. The number of thiol groups is 1. The molecule has 1 N–H and O–H groups in total. The molecular weight excluding hydrogens is 278 g/mol. The third kappa shape index (κ3) is 5.48. The van der Waals surface area contributed by atoms with Crippen LogP contribution in [0.5, 0.6) is 0 Å². The Morgan fingerprint density at radius 3 is 2.58 bits per heavy atom. The van der Waals surface area contributed by atoms with Crippen molar-refractivity contribution in [2.24, 2.45) is 4.40 Å². The molecule has 0 radical (unpaired) electrons. The van der Waals surface area contributed by atoms with Crippen LogP contribution in [-0.4, -0.2) is 25.7 Å². The molecule has 1 aromatic rings. The Bertz CT molecular complexity index is 501. The van der Waals surface area contributed by atoms with Crippen molar-refractivity contribution in [2.45, 2.75) is 44.3 Å². The first kappa shape index (κ1) is 16.4. The zero-order chi connectivity index (χ0) is 14.6. The van der Waals surface area contributed by atoms with Gasteiger partial charge in [-0.05, 0) is 40.7 Å². The molecule has 0 aromatic heterocycles. The number of nitrogens with zero attached hydrogens (tertiary/aromatic N) is 1. The molecule has 19 heavy (non-hydrogen) atoms. The summed E-state index contributed by atoms with van der Waals surface area (Å²) in [5.41, 5.74) is 2.01. The Balaban J connectivity index is 3.08. The summed E-state index contributed by atoms with van der Waals surface area (Å²) in [5.74, 6) is 0. The summed E-state index contributed by atoms with van der Waals surface area (Å²) in [6, 6.07) is 5.92. The summed E-state index contributed by atoms with van der Waals surface area (Å²) >= 11 is -0.513. The van der Waals surface area contributed by atoms with E-state index >= 15 is 0 Å². The average molecular weight is 299 g/mol. The van der Waals surface area contributed by atoms with Gasteiger partial charge in [-0.15, -0.1) is 11.4 Å². The lowest BCUT2D eigenvalue weighted by atomic mass is 10.2. The van der Waals surface area contributed by atoms with E-state index in [1.54, 1.807) is 13.1 Å². The van der Waals surface area contributed by atoms with Crippen molar-refractivity contribution < 1.29 is 9.66 Å². The van der Waals surface area contributed by atoms with Crippen LogP contribution in [0.3, 0.4) is 0 Å². The normalized spacial score (nSPS) is 15.4. The van der Waals surface area contributed by atoms with Gasteiger partial charge in [0.1, 0.15) is 16.1 Å². The molecule has 106 valence electrons. The number of rotatable bonds is 3. The first-order chi connectivity index (χ1) is 8.70. The lowest BCUT2D eigenvalue weighted by Gasteiger charge is -2.17. The van der Waals surface area contributed by atoms with Crippen LogP contribution < -0.4 is 0 Å². The van der Waals surface area contributed by atoms with Crippen molar-refractivity contribution in [3.8, 4) is 0 Å². The molecule has 0 amide bonds. The highest BCUT2D eigenvalue weighted by Crippen LogP contribution is 2.20. The van der Waals surface area contributed by atoms with E-state index in [1.165, 1.54) is 0 Å². The highest BCUT2D eigenvalue weighted by Gasteiger charge is 2.25. The van der Waals surface area contributed by atoms with E-state index in [-0.39, 0.29) is 4.75 Å². The maximum absolute atomic E-state index is 11.9. The van der Waals surface area contributed by atoms with Gasteiger partial charge in [0.25, 0.3) is 0 Å². The van der Waals surface area contributed by atoms with Gasteiger partial charge in [0.05, 0.1) is 11.3 Å². The lowest BCUT2D eigenvalue weighted by molar-refractivity contribution is 0.561. The van der Waals surface area contributed by atoms with Crippen LogP contribution in [0, 0.1) is 6.92 Å². The molecular formula is C14H21NO2S2. The molecule has 0 fully saturated rings. The van der Waals surface area contributed by atoms with Gasteiger partial charge in [0.2, 0.25) is 0 Å². The minimum Gasteiger partial charge on any atom is -0.591 e. The van der Waals surface area contributed by atoms with Gasteiger partial charge in [-0.25, -0.2) is 0 Å². The van der Waals surface area contributed by atoms with Gasteiger partial charge in [-0.1, -0.05) is 22.1 Å². The Morgan fingerprint density at radius 2 is 2.05 bits per heavy atom. The Labute approximate surface area is 122 Å². The molecule has 0 bridgehead atoms. The van der Waals surface area contributed by atoms with Crippen LogP contribution in [0.2, 0.25) is 0 Å². The van der Waals surface area contributed by atoms with Crippen LogP contribution in [0.4, 0.5) is 0 Å². The molecule has 0 aliphatic carbocycles. The minimum atomic E-state index is -1.27.